The van der Waals surface area contributed by atoms with Crippen LogP contribution in [0.3, 0.4) is 0 Å². The standard InChI is InChI=1S/C14H17BrFN3O2/c1-3-20-14(21-4-2)12-9-19(18-17-12)8-10-6-5-7-11(16)13(10)15/h5-7,9,14H,3-4,8H2,1-2H3. The lowest BCUT2D eigenvalue weighted by atomic mass is 10.2. The number of hydrogen-bond acceptors (Lipinski definition) is 4. The summed E-state index contributed by atoms with van der Waals surface area (Å²) in [5.41, 5.74) is 1.39. The average molecular weight is 358 g/mol. The Balaban J connectivity index is 2.14. The first-order valence-electron chi connectivity index (χ1n) is 6.71. The molecule has 0 saturated carbocycles. The van der Waals surface area contributed by atoms with Gasteiger partial charge in [0.25, 0.3) is 0 Å². The molecule has 0 aliphatic carbocycles. The summed E-state index contributed by atoms with van der Waals surface area (Å²) in [6.07, 6.45) is 1.22. The lowest BCUT2D eigenvalue weighted by Gasteiger charge is -2.13. The van der Waals surface area contributed by atoms with Gasteiger partial charge in [-0.3, -0.25) is 0 Å². The van der Waals surface area contributed by atoms with Crippen LogP contribution in [0.1, 0.15) is 31.4 Å². The average Bonchev–Trinajstić information content (AvgIpc) is 2.92. The zero-order valence-corrected chi connectivity index (χ0v) is 13.5. The number of benzene rings is 1. The topological polar surface area (TPSA) is 49.2 Å². The van der Waals surface area contributed by atoms with Crippen LogP contribution in [0.5, 0.6) is 0 Å². The maximum atomic E-state index is 13.5. The first-order valence-corrected chi connectivity index (χ1v) is 7.51. The van der Waals surface area contributed by atoms with Crippen molar-refractivity contribution in [3.63, 3.8) is 0 Å². The molecule has 0 spiro atoms. The Kier molecular flexibility index (Phi) is 5.84. The first-order chi connectivity index (χ1) is 10.2. The number of rotatable bonds is 7. The van der Waals surface area contributed by atoms with Crippen molar-refractivity contribution in [1.82, 2.24) is 15.0 Å². The van der Waals surface area contributed by atoms with Crippen molar-refractivity contribution >= 4 is 15.9 Å². The third-order valence-electron chi connectivity index (χ3n) is 2.80. The second-order valence-corrected chi connectivity index (χ2v) is 5.09. The lowest BCUT2D eigenvalue weighted by molar-refractivity contribution is -0.142. The van der Waals surface area contributed by atoms with Gasteiger partial charge in [-0.25, -0.2) is 9.07 Å². The van der Waals surface area contributed by atoms with Crippen LogP contribution in [-0.2, 0) is 16.0 Å². The molecule has 2 rings (SSSR count). The quantitative estimate of drug-likeness (QED) is 0.713. The van der Waals surface area contributed by atoms with Crippen LogP contribution < -0.4 is 0 Å². The van der Waals surface area contributed by atoms with E-state index in [2.05, 4.69) is 26.2 Å². The van der Waals surface area contributed by atoms with Gasteiger partial charge in [0.1, 0.15) is 11.5 Å². The van der Waals surface area contributed by atoms with Gasteiger partial charge in [0.15, 0.2) is 0 Å². The van der Waals surface area contributed by atoms with Gasteiger partial charge in [-0.1, -0.05) is 17.3 Å². The molecule has 1 aromatic carbocycles. The van der Waals surface area contributed by atoms with Gasteiger partial charge in [-0.05, 0) is 41.4 Å². The van der Waals surface area contributed by atoms with E-state index in [4.69, 9.17) is 9.47 Å². The van der Waals surface area contributed by atoms with Gasteiger partial charge in [-0.15, -0.1) is 5.10 Å². The molecular formula is C14H17BrFN3O2. The highest BCUT2D eigenvalue weighted by atomic mass is 79.9. The summed E-state index contributed by atoms with van der Waals surface area (Å²) in [6, 6.07) is 4.90. The third-order valence-corrected chi connectivity index (χ3v) is 3.69. The summed E-state index contributed by atoms with van der Waals surface area (Å²) in [6.45, 7) is 5.23. The highest BCUT2D eigenvalue weighted by Gasteiger charge is 2.16. The number of nitrogens with zero attached hydrogens (tertiary/aromatic N) is 3. The van der Waals surface area contributed by atoms with Crippen molar-refractivity contribution in [2.75, 3.05) is 13.2 Å². The molecule has 114 valence electrons. The van der Waals surface area contributed by atoms with Crippen LogP contribution in [0.4, 0.5) is 4.39 Å². The first kappa shape index (κ1) is 16.1. The van der Waals surface area contributed by atoms with Crippen LogP contribution in [-0.4, -0.2) is 28.2 Å². The molecule has 0 amide bonds. The zero-order valence-electron chi connectivity index (χ0n) is 11.9. The molecule has 0 aliphatic rings. The molecule has 0 saturated heterocycles. The van der Waals surface area contributed by atoms with E-state index in [0.29, 0.717) is 29.9 Å². The Labute approximate surface area is 131 Å². The molecule has 0 bridgehead atoms. The molecule has 5 nitrogen and oxygen atoms in total. The fourth-order valence-corrected chi connectivity index (χ4v) is 2.26. The maximum absolute atomic E-state index is 13.5. The second-order valence-electron chi connectivity index (χ2n) is 4.30. The van der Waals surface area contributed by atoms with E-state index in [0.717, 1.165) is 5.56 Å². The van der Waals surface area contributed by atoms with Crippen LogP contribution in [0.2, 0.25) is 0 Å². The van der Waals surface area contributed by atoms with Gasteiger partial charge < -0.3 is 9.47 Å². The molecule has 1 heterocycles. The Hall–Kier alpha value is -1.31. The summed E-state index contributed by atoms with van der Waals surface area (Å²) in [4.78, 5) is 0. The molecule has 0 atom stereocenters. The predicted molar refractivity (Wildman–Crippen MR) is 79.2 cm³/mol. The Morgan fingerprint density at radius 2 is 2.00 bits per heavy atom. The van der Waals surface area contributed by atoms with Crippen molar-refractivity contribution < 1.29 is 13.9 Å². The molecule has 1 aromatic heterocycles. The van der Waals surface area contributed by atoms with Crippen LogP contribution in [0.15, 0.2) is 28.9 Å². The minimum Gasteiger partial charge on any atom is -0.347 e. The Bertz CT molecular complexity index is 585. The van der Waals surface area contributed by atoms with E-state index in [1.54, 1.807) is 16.9 Å². The van der Waals surface area contributed by atoms with E-state index in [-0.39, 0.29) is 5.82 Å². The minimum atomic E-state index is -0.523. The molecule has 0 aliphatic heterocycles. The van der Waals surface area contributed by atoms with Gasteiger partial charge in [0.2, 0.25) is 6.29 Å². The van der Waals surface area contributed by atoms with Crippen molar-refractivity contribution in [2.24, 2.45) is 0 Å². The molecule has 21 heavy (non-hydrogen) atoms. The van der Waals surface area contributed by atoms with E-state index in [9.17, 15) is 4.39 Å². The smallest absolute Gasteiger partial charge is 0.204 e. The van der Waals surface area contributed by atoms with Crippen molar-refractivity contribution in [1.29, 1.82) is 0 Å². The molecular weight excluding hydrogens is 341 g/mol. The Morgan fingerprint density at radius 1 is 1.29 bits per heavy atom. The highest BCUT2D eigenvalue weighted by Crippen LogP contribution is 2.22. The van der Waals surface area contributed by atoms with E-state index in [1.807, 2.05) is 19.9 Å². The third kappa shape index (κ3) is 4.09. The predicted octanol–water partition coefficient (Wildman–Crippen LogP) is 3.30. The van der Waals surface area contributed by atoms with Crippen LogP contribution >= 0.6 is 15.9 Å². The molecule has 0 radical (unpaired) electrons. The summed E-state index contributed by atoms with van der Waals surface area (Å²) in [5, 5.41) is 8.09. The van der Waals surface area contributed by atoms with Gasteiger partial charge >= 0.3 is 0 Å². The van der Waals surface area contributed by atoms with Gasteiger partial charge in [-0.2, -0.15) is 0 Å². The van der Waals surface area contributed by atoms with Crippen molar-refractivity contribution in [3.8, 4) is 0 Å². The molecule has 2 aromatic rings. The summed E-state index contributed by atoms with van der Waals surface area (Å²) in [7, 11) is 0. The maximum Gasteiger partial charge on any atom is 0.204 e. The zero-order chi connectivity index (χ0) is 15.2. The molecule has 0 N–H and O–H groups in total. The van der Waals surface area contributed by atoms with Crippen LogP contribution in [0.25, 0.3) is 0 Å². The largest absolute Gasteiger partial charge is 0.347 e. The Morgan fingerprint density at radius 3 is 2.67 bits per heavy atom. The molecule has 7 heteroatoms. The summed E-state index contributed by atoms with van der Waals surface area (Å²) >= 11 is 3.24. The number of aromatic nitrogens is 3. The monoisotopic (exact) mass is 357 g/mol. The molecule has 0 fully saturated rings. The fourth-order valence-electron chi connectivity index (χ4n) is 1.87. The normalized spacial score (nSPS) is 11.3. The van der Waals surface area contributed by atoms with E-state index >= 15 is 0 Å². The number of halogens is 2. The van der Waals surface area contributed by atoms with Crippen molar-refractivity contribution in [2.45, 2.75) is 26.7 Å². The summed E-state index contributed by atoms with van der Waals surface area (Å²) in [5.74, 6) is -0.297. The van der Waals surface area contributed by atoms with Crippen LogP contribution in [0, 0.1) is 5.82 Å². The van der Waals surface area contributed by atoms with Crippen molar-refractivity contribution in [3.05, 3.63) is 45.9 Å². The SMILES string of the molecule is CCOC(OCC)c1cn(Cc2cccc(F)c2Br)nn1. The summed E-state index contributed by atoms with van der Waals surface area (Å²) < 4.78 is 26.5. The number of ether oxygens (including phenoxy) is 2. The van der Waals surface area contributed by atoms with Gasteiger partial charge in [0, 0.05) is 13.2 Å². The highest BCUT2D eigenvalue weighted by molar-refractivity contribution is 9.10. The minimum absolute atomic E-state index is 0.297. The fraction of sp³-hybridized carbons (Fsp3) is 0.429. The van der Waals surface area contributed by atoms with Gasteiger partial charge in [0.05, 0.1) is 17.2 Å². The van der Waals surface area contributed by atoms with E-state index < -0.39 is 6.29 Å². The molecule has 0 unspecified atom stereocenters. The second kappa shape index (κ2) is 7.63. The van der Waals surface area contributed by atoms with E-state index in [1.165, 1.54) is 6.07 Å². The number of hydrogen-bond donors (Lipinski definition) is 0. The lowest BCUT2D eigenvalue weighted by Crippen LogP contribution is -2.09.